The molecule has 238 valence electrons. The number of hydrogen-bond acceptors (Lipinski definition) is 4. The molecule has 0 saturated carbocycles. The molecule has 0 aliphatic heterocycles. The first-order valence-corrected chi connectivity index (χ1v) is 17.1. The Kier molecular flexibility index (Phi) is 5.89. The van der Waals surface area contributed by atoms with Gasteiger partial charge in [-0.2, -0.15) is 0 Å². The molecule has 0 spiro atoms. The summed E-state index contributed by atoms with van der Waals surface area (Å²) in [7, 11) is 0. The van der Waals surface area contributed by atoms with Gasteiger partial charge in [-0.25, -0.2) is 9.97 Å². The Labute approximate surface area is 291 Å². The van der Waals surface area contributed by atoms with Crippen LogP contribution in [0.2, 0.25) is 0 Å². The minimum absolute atomic E-state index is 0.619. The van der Waals surface area contributed by atoms with E-state index in [4.69, 9.17) is 18.8 Å². The zero-order valence-corrected chi connectivity index (χ0v) is 27.2. The van der Waals surface area contributed by atoms with Crippen LogP contribution >= 0.6 is 0 Å². The number of para-hydroxylation sites is 3. The topological polar surface area (TPSA) is 57.0 Å². The molecular formula is C46H27N3O2. The summed E-state index contributed by atoms with van der Waals surface area (Å²) in [5, 5.41) is 6.68. The van der Waals surface area contributed by atoms with Crippen LogP contribution in [0.3, 0.4) is 0 Å². The van der Waals surface area contributed by atoms with Crippen molar-refractivity contribution in [1.82, 2.24) is 14.5 Å². The van der Waals surface area contributed by atoms with Gasteiger partial charge in [0.2, 0.25) is 5.95 Å². The molecular weight excluding hydrogens is 627 g/mol. The first-order valence-electron chi connectivity index (χ1n) is 17.1. The van der Waals surface area contributed by atoms with E-state index in [1.807, 2.05) is 54.6 Å². The summed E-state index contributed by atoms with van der Waals surface area (Å²) >= 11 is 0. The van der Waals surface area contributed by atoms with E-state index < -0.39 is 0 Å². The molecule has 0 fully saturated rings. The summed E-state index contributed by atoms with van der Waals surface area (Å²) < 4.78 is 14.5. The zero-order valence-electron chi connectivity index (χ0n) is 27.2. The zero-order chi connectivity index (χ0) is 33.5. The minimum Gasteiger partial charge on any atom is -0.456 e. The molecule has 5 nitrogen and oxygen atoms in total. The quantitative estimate of drug-likeness (QED) is 0.190. The lowest BCUT2D eigenvalue weighted by molar-refractivity contribution is 0.668. The second-order valence-electron chi connectivity index (χ2n) is 13.0. The summed E-state index contributed by atoms with van der Waals surface area (Å²) in [6.07, 6.45) is 0. The minimum atomic E-state index is 0.619. The molecule has 0 aliphatic carbocycles. The van der Waals surface area contributed by atoms with Crippen LogP contribution in [-0.4, -0.2) is 14.5 Å². The Balaban J connectivity index is 1.12. The third-order valence-corrected chi connectivity index (χ3v) is 10.0. The number of aromatic nitrogens is 3. The van der Waals surface area contributed by atoms with E-state index in [-0.39, 0.29) is 0 Å². The van der Waals surface area contributed by atoms with E-state index in [1.54, 1.807) is 0 Å². The predicted molar refractivity (Wildman–Crippen MR) is 207 cm³/mol. The maximum Gasteiger partial charge on any atom is 0.235 e. The van der Waals surface area contributed by atoms with Crippen LogP contribution in [0.15, 0.2) is 173 Å². The summed E-state index contributed by atoms with van der Waals surface area (Å²) in [5.74, 6) is 0.619. The molecule has 0 unspecified atom stereocenters. The largest absolute Gasteiger partial charge is 0.456 e. The van der Waals surface area contributed by atoms with Gasteiger partial charge in [-0.15, -0.1) is 0 Å². The van der Waals surface area contributed by atoms with Crippen molar-refractivity contribution < 1.29 is 8.83 Å². The number of rotatable bonds is 4. The van der Waals surface area contributed by atoms with E-state index in [1.165, 1.54) is 0 Å². The monoisotopic (exact) mass is 653 g/mol. The van der Waals surface area contributed by atoms with Crippen molar-refractivity contribution in [3.8, 4) is 39.6 Å². The van der Waals surface area contributed by atoms with Crippen molar-refractivity contribution in [3.05, 3.63) is 164 Å². The Morgan fingerprint density at radius 3 is 1.53 bits per heavy atom. The Hall–Kier alpha value is -6.98. The lowest BCUT2D eigenvalue weighted by atomic mass is 10.0. The second-order valence-corrected chi connectivity index (χ2v) is 13.0. The maximum atomic E-state index is 6.15. The summed E-state index contributed by atoms with van der Waals surface area (Å²) in [6.45, 7) is 0. The van der Waals surface area contributed by atoms with Crippen molar-refractivity contribution in [1.29, 1.82) is 0 Å². The van der Waals surface area contributed by atoms with Crippen LogP contribution < -0.4 is 0 Å². The lowest BCUT2D eigenvalue weighted by Crippen LogP contribution is -2.04. The molecule has 0 amide bonds. The number of fused-ring (bicyclic) bond motifs is 9. The van der Waals surface area contributed by atoms with Gasteiger partial charge in [0.15, 0.2) is 0 Å². The molecule has 0 saturated heterocycles. The van der Waals surface area contributed by atoms with Gasteiger partial charge in [0.1, 0.15) is 22.3 Å². The Morgan fingerprint density at radius 2 is 0.824 bits per heavy atom. The van der Waals surface area contributed by atoms with Crippen LogP contribution in [0.4, 0.5) is 0 Å². The standard InChI is InChI=1S/C46H27N3O2/c1-2-10-28(11-3-1)38-27-39(31-20-23-45-37(26-31)34-14-6-9-17-43(34)51-45)48-46(47-38)49-40-15-7-4-12-32(40)35-24-29(18-21-41(35)49)30-19-22-44-36(25-30)33-13-5-8-16-42(33)50-44/h1-27H. The highest BCUT2D eigenvalue weighted by atomic mass is 16.3. The average molecular weight is 654 g/mol. The van der Waals surface area contributed by atoms with Crippen LogP contribution in [-0.2, 0) is 0 Å². The molecule has 0 bridgehead atoms. The number of hydrogen-bond donors (Lipinski definition) is 0. The summed E-state index contributed by atoms with van der Waals surface area (Å²) in [5.41, 5.74) is 11.6. The highest BCUT2D eigenvalue weighted by Crippen LogP contribution is 2.38. The molecule has 5 heteroatoms. The lowest BCUT2D eigenvalue weighted by Gasteiger charge is -2.12. The molecule has 4 heterocycles. The Morgan fingerprint density at radius 1 is 0.333 bits per heavy atom. The molecule has 0 radical (unpaired) electrons. The van der Waals surface area contributed by atoms with Gasteiger partial charge in [-0.1, -0.05) is 97.1 Å². The molecule has 0 aliphatic rings. The van der Waals surface area contributed by atoms with E-state index >= 15 is 0 Å². The molecule has 0 N–H and O–H groups in total. The third-order valence-electron chi connectivity index (χ3n) is 10.0. The van der Waals surface area contributed by atoms with E-state index in [0.717, 1.165) is 99.3 Å². The van der Waals surface area contributed by atoms with Crippen molar-refractivity contribution in [2.45, 2.75) is 0 Å². The number of furan rings is 2. The number of benzene rings is 7. The highest BCUT2D eigenvalue weighted by Gasteiger charge is 2.19. The van der Waals surface area contributed by atoms with Gasteiger partial charge in [-0.05, 0) is 77.9 Å². The van der Waals surface area contributed by atoms with Gasteiger partial charge in [0, 0.05) is 43.4 Å². The van der Waals surface area contributed by atoms with Crippen LogP contribution in [0.25, 0.3) is 105 Å². The fraction of sp³-hybridized carbons (Fsp3) is 0. The number of nitrogens with zero attached hydrogens (tertiary/aromatic N) is 3. The fourth-order valence-electron chi connectivity index (χ4n) is 7.60. The molecule has 51 heavy (non-hydrogen) atoms. The maximum absolute atomic E-state index is 6.15. The first-order chi connectivity index (χ1) is 25.2. The second kappa shape index (κ2) is 10.8. The fourth-order valence-corrected chi connectivity index (χ4v) is 7.60. The van der Waals surface area contributed by atoms with Crippen LogP contribution in [0.1, 0.15) is 0 Å². The Bertz CT molecular complexity index is 3150. The van der Waals surface area contributed by atoms with Crippen LogP contribution in [0, 0.1) is 0 Å². The molecule has 0 atom stereocenters. The van der Waals surface area contributed by atoms with Crippen molar-refractivity contribution in [2.75, 3.05) is 0 Å². The molecule has 11 rings (SSSR count). The molecule has 4 aromatic heterocycles. The smallest absolute Gasteiger partial charge is 0.235 e. The average Bonchev–Trinajstić information content (AvgIpc) is 3.87. The highest BCUT2D eigenvalue weighted by molar-refractivity contribution is 6.11. The van der Waals surface area contributed by atoms with Crippen molar-refractivity contribution in [2.24, 2.45) is 0 Å². The van der Waals surface area contributed by atoms with Gasteiger partial charge in [0.25, 0.3) is 0 Å². The van der Waals surface area contributed by atoms with Crippen molar-refractivity contribution in [3.63, 3.8) is 0 Å². The van der Waals surface area contributed by atoms with E-state index in [9.17, 15) is 0 Å². The summed E-state index contributed by atoms with van der Waals surface area (Å²) in [6, 6.07) is 56.7. The van der Waals surface area contributed by atoms with E-state index in [0.29, 0.717) is 5.95 Å². The van der Waals surface area contributed by atoms with Gasteiger partial charge >= 0.3 is 0 Å². The SMILES string of the molecule is c1ccc(-c2cc(-c3ccc4oc5ccccc5c4c3)nc(-n3c4ccccc4c4cc(-c5ccc6oc7ccccc7c6c5)ccc43)n2)cc1. The van der Waals surface area contributed by atoms with Gasteiger partial charge in [0.05, 0.1) is 22.4 Å². The molecule has 7 aromatic carbocycles. The normalized spacial score (nSPS) is 11.9. The molecule has 11 aromatic rings. The first kappa shape index (κ1) is 27.9. The van der Waals surface area contributed by atoms with Crippen LogP contribution in [0.5, 0.6) is 0 Å². The van der Waals surface area contributed by atoms with E-state index in [2.05, 4.69) is 114 Å². The van der Waals surface area contributed by atoms with Gasteiger partial charge in [-0.3, -0.25) is 4.57 Å². The third kappa shape index (κ3) is 4.35. The predicted octanol–water partition coefficient (Wildman–Crippen LogP) is 12.4. The summed E-state index contributed by atoms with van der Waals surface area (Å²) in [4.78, 5) is 10.5. The van der Waals surface area contributed by atoms with Crippen molar-refractivity contribution >= 4 is 65.7 Å². The van der Waals surface area contributed by atoms with Gasteiger partial charge < -0.3 is 8.83 Å².